The Morgan fingerprint density at radius 3 is 2.47 bits per heavy atom. The minimum Gasteiger partial charge on any atom is -0.387 e. The second-order valence-corrected chi connectivity index (χ2v) is 13.5. The molecular formula is C27H40O5. The molecule has 5 nitrogen and oxygen atoms in total. The Hall–Kier alpha value is -0.460. The molecule has 0 amide bonds. The van der Waals surface area contributed by atoms with Crippen molar-refractivity contribution in [3.63, 3.8) is 0 Å². The largest absolute Gasteiger partial charge is 0.387 e. The van der Waals surface area contributed by atoms with Crippen LogP contribution in [-0.4, -0.2) is 54.6 Å². The number of hydrogen-bond donors (Lipinski definition) is 1. The van der Waals surface area contributed by atoms with Crippen molar-refractivity contribution >= 4 is 0 Å². The Morgan fingerprint density at radius 2 is 1.72 bits per heavy atom. The van der Waals surface area contributed by atoms with Crippen molar-refractivity contribution in [2.75, 3.05) is 13.2 Å². The van der Waals surface area contributed by atoms with Gasteiger partial charge in [-0.2, -0.15) is 0 Å². The fourth-order valence-corrected chi connectivity index (χ4v) is 9.53. The summed E-state index contributed by atoms with van der Waals surface area (Å²) in [5.41, 5.74) is 0.148. The lowest BCUT2D eigenvalue weighted by Gasteiger charge is -2.57. The van der Waals surface area contributed by atoms with E-state index in [1.165, 1.54) is 25.7 Å². The highest BCUT2D eigenvalue weighted by Gasteiger charge is 2.84. The van der Waals surface area contributed by atoms with Crippen LogP contribution in [-0.2, 0) is 18.9 Å². The van der Waals surface area contributed by atoms with E-state index in [0.29, 0.717) is 35.0 Å². The van der Waals surface area contributed by atoms with Crippen molar-refractivity contribution in [2.45, 2.75) is 96.6 Å². The molecule has 1 spiro atoms. The number of aliphatic hydroxyl groups is 1. The molecule has 3 aliphatic heterocycles. The molecule has 5 heteroatoms. The van der Waals surface area contributed by atoms with Gasteiger partial charge >= 0.3 is 0 Å². The molecule has 0 radical (unpaired) electrons. The van der Waals surface area contributed by atoms with E-state index in [1.54, 1.807) is 0 Å². The summed E-state index contributed by atoms with van der Waals surface area (Å²) >= 11 is 0. The van der Waals surface area contributed by atoms with E-state index in [-0.39, 0.29) is 41.0 Å². The van der Waals surface area contributed by atoms with E-state index in [4.69, 9.17) is 18.9 Å². The summed E-state index contributed by atoms with van der Waals surface area (Å²) in [6, 6.07) is 0. The van der Waals surface area contributed by atoms with Gasteiger partial charge in [-0.1, -0.05) is 46.8 Å². The van der Waals surface area contributed by atoms with E-state index < -0.39 is 6.10 Å². The molecule has 7 aliphatic rings. The van der Waals surface area contributed by atoms with Gasteiger partial charge in [-0.15, -0.1) is 0 Å². The molecule has 0 aromatic carbocycles. The minimum absolute atomic E-state index is 0.00676. The average molecular weight is 445 g/mol. The molecule has 3 heterocycles. The molecular weight excluding hydrogens is 404 g/mol. The van der Waals surface area contributed by atoms with Gasteiger partial charge in [0, 0.05) is 16.7 Å². The summed E-state index contributed by atoms with van der Waals surface area (Å²) in [6.07, 6.45) is 9.44. The van der Waals surface area contributed by atoms with Crippen molar-refractivity contribution in [2.24, 2.45) is 45.8 Å². The van der Waals surface area contributed by atoms with Crippen LogP contribution in [0.25, 0.3) is 0 Å². The summed E-state index contributed by atoms with van der Waals surface area (Å²) in [5, 5.41) is 10.6. The zero-order valence-corrected chi connectivity index (χ0v) is 20.3. The molecule has 12 atom stereocenters. The van der Waals surface area contributed by atoms with E-state index in [1.807, 2.05) is 0 Å². The third kappa shape index (κ3) is 2.38. The maximum absolute atomic E-state index is 10.6. The number of epoxide rings is 2. The van der Waals surface area contributed by atoms with Crippen LogP contribution in [0.4, 0.5) is 0 Å². The standard InChI is InChI=1S/C27H40O5/c1-14(23-29-12-24(2,3)13-30-23)16-6-7-17-15-8-11-27-21(32-27)19(28)20-22(31-20)26(27,5)18(15)9-10-25(16,17)4/h8,11,14-23,28H,6-7,9-10,12-13H2,1-5H3/t14?,15-,16+,17-,18-,19+,20-,21+,22-,25+,26-,27+/m0/s1. The van der Waals surface area contributed by atoms with Crippen molar-refractivity contribution in [3.8, 4) is 0 Å². The van der Waals surface area contributed by atoms with E-state index in [2.05, 4.69) is 46.8 Å². The number of fused-ring (bicyclic) bond motifs is 6. The smallest absolute Gasteiger partial charge is 0.160 e. The third-order valence-electron chi connectivity index (χ3n) is 11.4. The molecule has 1 N–H and O–H groups in total. The van der Waals surface area contributed by atoms with Crippen LogP contribution in [0.5, 0.6) is 0 Å². The van der Waals surface area contributed by atoms with Gasteiger partial charge in [0.05, 0.1) is 19.3 Å². The van der Waals surface area contributed by atoms with Gasteiger partial charge in [0.25, 0.3) is 0 Å². The van der Waals surface area contributed by atoms with E-state index >= 15 is 0 Å². The first-order chi connectivity index (χ1) is 15.1. The molecule has 178 valence electrons. The molecule has 0 aromatic rings. The lowest BCUT2D eigenvalue weighted by Crippen LogP contribution is -2.60. The monoisotopic (exact) mass is 444 g/mol. The third-order valence-corrected chi connectivity index (χ3v) is 11.4. The topological polar surface area (TPSA) is 63.8 Å². The van der Waals surface area contributed by atoms with Gasteiger partial charge in [0.1, 0.15) is 23.9 Å². The predicted molar refractivity (Wildman–Crippen MR) is 119 cm³/mol. The fraction of sp³-hybridized carbons (Fsp3) is 0.926. The van der Waals surface area contributed by atoms with E-state index in [0.717, 1.165) is 13.2 Å². The first-order valence-electron chi connectivity index (χ1n) is 13.1. The van der Waals surface area contributed by atoms with Crippen LogP contribution >= 0.6 is 0 Å². The Balaban J connectivity index is 1.16. The number of ether oxygens (including phenoxy) is 4. The van der Waals surface area contributed by atoms with Crippen LogP contribution in [0.3, 0.4) is 0 Å². The normalized spacial score (nSPS) is 60.4. The van der Waals surface area contributed by atoms with Crippen LogP contribution in [0, 0.1) is 45.8 Å². The SMILES string of the molecule is CC(C1OCC(C)(C)CO1)[C@H]1CC[C@H]2[C@@H]3C=C[C@@]45O[C@@H]4[C@H](O)[C@@H]4O[C@@H]4[C@]5(C)[C@H]3CC[C@]12C. The molecule has 4 aliphatic carbocycles. The van der Waals surface area contributed by atoms with Crippen molar-refractivity contribution in [3.05, 3.63) is 12.2 Å². The molecule has 0 aromatic heterocycles. The van der Waals surface area contributed by atoms with E-state index in [9.17, 15) is 5.11 Å². The van der Waals surface area contributed by atoms with Gasteiger partial charge < -0.3 is 24.1 Å². The average Bonchev–Trinajstić information content (AvgIpc) is 3.65. The Bertz CT molecular complexity index is 845. The van der Waals surface area contributed by atoms with Gasteiger partial charge in [0.2, 0.25) is 0 Å². The number of hydrogen-bond acceptors (Lipinski definition) is 5. The molecule has 0 bridgehead atoms. The van der Waals surface area contributed by atoms with Gasteiger partial charge in [-0.25, -0.2) is 0 Å². The highest BCUT2D eigenvalue weighted by atomic mass is 16.7. The Morgan fingerprint density at radius 1 is 0.969 bits per heavy atom. The van der Waals surface area contributed by atoms with Crippen molar-refractivity contribution < 1.29 is 24.1 Å². The van der Waals surface area contributed by atoms with Gasteiger partial charge in [-0.05, 0) is 54.8 Å². The van der Waals surface area contributed by atoms with Crippen LogP contribution in [0.1, 0.15) is 60.3 Å². The second-order valence-electron chi connectivity index (χ2n) is 13.5. The van der Waals surface area contributed by atoms with Gasteiger partial charge in [0.15, 0.2) is 6.29 Å². The Kier molecular flexibility index (Phi) is 4.05. The number of rotatable bonds is 2. The minimum atomic E-state index is -0.458. The van der Waals surface area contributed by atoms with Crippen LogP contribution < -0.4 is 0 Å². The highest BCUT2D eigenvalue weighted by Crippen LogP contribution is 2.74. The summed E-state index contributed by atoms with van der Waals surface area (Å²) < 4.78 is 24.9. The summed E-state index contributed by atoms with van der Waals surface area (Å²) in [7, 11) is 0. The lowest BCUT2D eigenvalue weighted by atomic mass is 9.46. The number of allylic oxidation sites excluding steroid dienone is 1. The quantitative estimate of drug-likeness (QED) is 0.516. The summed E-state index contributed by atoms with van der Waals surface area (Å²) in [4.78, 5) is 0. The lowest BCUT2D eigenvalue weighted by molar-refractivity contribution is -0.253. The zero-order chi connectivity index (χ0) is 22.3. The van der Waals surface area contributed by atoms with Crippen LogP contribution in [0.15, 0.2) is 12.2 Å². The zero-order valence-electron chi connectivity index (χ0n) is 20.3. The first kappa shape index (κ1) is 20.9. The summed E-state index contributed by atoms with van der Waals surface area (Å²) in [5.74, 6) is 2.92. The van der Waals surface area contributed by atoms with Crippen molar-refractivity contribution in [1.29, 1.82) is 0 Å². The van der Waals surface area contributed by atoms with Gasteiger partial charge in [-0.3, -0.25) is 0 Å². The Labute approximate surface area is 192 Å². The molecule has 3 saturated heterocycles. The fourth-order valence-electron chi connectivity index (χ4n) is 9.53. The molecule has 32 heavy (non-hydrogen) atoms. The summed E-state index contributed by atoms with van der Waals surface area (Å²) in [6.45, 7) is 13.4. The molecule has 6 fully saturated rings. The molecule has 7 rings (SSSR count). The highest BCUT2D eigenvalue weighted by molar-refractivity contribution is 5.39. The first-order valence-corrected chi connectivity index (χ1v) is 13.1. The maximum Gasteiger partial charge on any atom is 0.160 e. The second kappa shape index (κ2) is 6.20. The maximum atomic E-state index is 10.6. The molecule has 3 saturated carbocycles. The molecule has 1 unspecified atom stereocenters. The number of aliphatic hydroxyl groups excluding tert-OH is 1. The van der Waals surface area contributed by atoms with Crippen LogP contribution in [0.2, 0.25) is 0 Å². The van der Waals surface area contributed by atoms with Crippen molar-refractivity contribution in [1.82, 2.24) is 0 Å². The predicted octanol–water partition coefficient (Wildman–Crippen LogP) is 3.94.